The largest absolute Gasteiger partial charge is 0.509 e. The summed E-state index contributed by atoms with van der Waals surface area (Å²) in [5.41, 5.74) is 9.68. The topological polar surface area (TPSA) is 259 Å². The molecule has 0 aliphatic heterocycles. The van der Waals surface area contributed by atoms with Crippen LogP contribution in [-0.4, -0.2) is 105 Å². The number of phenols is 1. The van der Waals surface area contributed by atoms with Gasteiger partial charge in [0.1, 0.15) is 29.0 Å². The number of carbonyl (C=O) groups excluding carboxylic acids is 3. The molecule has 5 rings (SSSR count). The Bertz CT molecular complexity index is 1750. The zero-order valence-corrected chi connectivity index (χ0v) is 26.3. The monoisotopic (exact) mass is 657 g/mol. The highest BCUT2D eigenvalue weighted by molar-refractivity contribution is 7.18. The molecule has 0 bridgehead atoms. The molecule has 2 aromatic rings. The molecule has 16 nitrogen and oxygen atoms in total. The Hall–Kier alpha value is -4.58. The number of nitrogens with two attached hydrogens (primary N) is 2. The predicted octanol–water partition coefficient (Wildman–Crippen LogP) is 0.216. The minimum absolute atomic E-state index is 0.0650. The second kappa shape index (κ2) is 11.3. The van der Waals surface area contributed by atoms with Crippen molar-refractivity contribution in [2.75, 3.05) is 45.0 Å². The molecule has 9 N–H and O–H groups in total. The van der Waals surface area contributed by atoms with Crippen LogP contribution in [0.2, 0.25) is 0 Å². The summed E-state index contributed by atoms with van der Waals surface area (Å²) in [7, 11) is 6.66. The van der Waals surface area contributed by atoms with Gasteiger partial charge in [-0.05, 0) is 55.5 Å². The van der Waals surface area contributed by atoms with Crippen molar-refractivity contribution >= 4 is 44.6 Å². The number of anilines is 2. The van der Waals surface area contributed by atoms with Crippen LogP contribution in [0.3, 0.4) is 0 Å². The number of fused-ring (bicyclic) bond motifs is 3. The summed E-state index contributed by atoms with van der Waals surface area (Å²) in [5, 5.41) is 59.9. The number of amides is 1. The van der Waals surface area contributed by atoms with Gasteiger partial charge in [-0.1, -0.05) is 0 Å². The number of primary amides is 1. The lowest BCUT2D eigenvalue weighted by molar-refractivity contribution is -0.380. The van der Waals surface area contributed by atoms with Crippen molar-refractivity contribution in [1.82, 2.24) is 9.88 Å². The molecule has 1 aromatic heterocycles. The average Bonchev–Trinajstić information content (AvgIpc) is 3.44. The predicted molar refractivity (Wildman–Crippen MR) is 167 cm³/mol. The number of aromatic hydroxyl groups is 1. The van der Waals surface area contributed by atoms with E-state index in [1.807, 2.05) is 0 Å². The number of nitrogens with zero attached hydrogens (tertiary/aromatic N) is 4. The summed E-state index contributed by atoms with van der Waals surface area (Å²) in [6.45, 7) is -0.218. The number of likely N-dealkylation sites (N-methyl/N-ethyl adjacent to an activating group) is 1. The van der Waals surface area contributed by atoms with Gasteiger partial charge in [0.25, 0.3) is 5.91 Å². The molecular formula is C29H35N7O9S. The molecule has 0 fully saturated rings. The Labute approximate surface area is 266 Å². The van der Waals surface area contributed by atoms with E-state index in [-0.39, 0.29) is 65.0 Å². The van der Waals surface area contributed by atoms with E-state index in [0.29, 0.717) is 16.8 Å². The number of phenolic OH excluding ortho intramolecular Hbond substituents is 1. The molecule has 17 heteroatoms. The highest BCUT2D eigenvalue weighted by Crippen LogP contribution is 2.55. The third-order valence-electron chi connectivity index (χ3n) is 9.07. The molecule has 246 valence electrons. The molecule has 0 radical (unpaired) electrons. The molecule has 1 amide bonds. The van der Waals surface area contributed by atoms with Crippen LogP contribution in [0.25, 0.3) is 0 Å². The number of aliphatic hydroxyl groups excluding tert-OH is 2. The normalized spacial score (nSPS) is 25.6. The number of rotatable bonds is 9. The maximum absolute atomic E-state index is 13.3. The van der Waals surface area contributed by atoms with Crippen LogP contribution in [0.5, 0.6) is 5.75 Å². The Morgan fingerprint density at radius 1 is 1.20 bits per heavy atom. The van der Waals surface area contributed by atoms with Gasteiger partial charge in [0, 0.05) is 55.2 Å². The first-order chi connectivity index (χ1) is 21.4. The highest BCUT2D eigenvalue weighted by Gasteiger charge is 2.64. The van der Waals surface area contributed by atoms with Crippen molar-refractivity contribution in [3.63, 3.8) is 0 Å². The Morgan fingerprint density at radius 3 is 2.43 bits per heavy atom. The first kappa shape index (κ1) is 32.8. The third-order valence-corrected chi connectivity index (χ3v) is 9.97. The van der Waals surface area contributed by atoms with Crippen LogP contribution in [0.15, 0.2) is 34.9 Å². The van der Waals surface area contributed by atoms with E-state index >= 15 is 0 Å². The summed E-state index contributed by atoms with van der Waals surface area (Å²) in [5.74, 6) is -5.59. The Balaban J connectivity index is 1.55. The molecule has 1 unspecified atom stereocenters. The number of nitrogens with one attached hydrogen (secondary N) is 1. The molecule has 0 saturated heterocycles. The van der Waals surface area contributed by atoms with Crippen molar-refractivity contribution < 1.29 is 39.7 Å². The molecule has 46 heavy (non-hydrogen) atoms. The lowest BCUT2D eigenvalue weighted by Gasteiger charge is -2.54. The minimum Gasteiger partial charge on any atom is -0.509 e. The van der Waals surface area contributed by atoms with Crippen molar-refractivity contribution in [2.24, 2.45) is 17.4 Å². The number of thiazole rings is 1. The minimum atomic E-state index is -2.56. The van der Waals surface area contributed by atoms with E-state index in [1.54, 1.807) is 39.2 Å². The van der Waals surface area contributed by atoms with E-state index in [9.17, 15) is 44.9 Å². The van der Waals surface area contributed by atoms with Gasteiger partial charge in [-0.2, -0.15) is 0 Å². The van der Waals surface area contributed by atoms with E-state index < -0.39 is 56.8 Å². The van der Waals surface area contributed by atoms with Gasteiger partial charge in [-0.3, -0.25) is 29.4 Å². The van der Waals surface area contributed by atoms with Crippen molar-refractivity contribution in [1.29, 1.82) is 0 Å². The van der Waals surface area contributed by atoms with Crippen molar-refractivity contribution in [3.05, 3.63) is 61.7 Å². The average molecular weight is 658 g/mol. The standard InChI is InChI=1S/C29H35N7O9S/c1-34(2)18-6-12(5-13(37)10-32-27-33-11-19(46-27)36(44)45)22(38)14-7-16-24(40)29(43)17(9-28(16,31)8-15(14)18)21(35(3)4)23(39)20(25(29)41)26(30)42/h6,11,17,21,38,40-41,43H,5,7-10,31H2,1-4H3,(H2,30,42)(H,32,33)/t17?,21-,28-,29+/m0/s1. The van der Waals surface area contributed by atoms with E-state index in [4.69, 9.17) is 11.5 Å². The Kier molecular flexibility index (Phi) is 8.09. The summed E-state index contributed by atoms with van der Waals surface area (Å²) in [6, 6.07) is 0.505. The number of nitro groups is 1. The van der Waals surface area contributed by atoms with Gasteiger partial charge < -0.3 is 42.1 Å². The SMILES string of the molecule is CN(C)c1cc(CC(=O)CNc2ncc([N+](=O)[O-])s2)c(O)c2c1C[C@]1(N)CC3[C@H](N(C)C)C(=O)C(C(N)=O)=C(O)[C@]3(O)C(O)=C1C2. The van der Waals surface area contributed by atoms with Gasteiger partial charge in [0.05, 0.1) is 17.5 Å². The number of aliphatic hydroxyl groups is 3. The summed E-state index contributed by atoms with van der Waals surface area (Å²) < 4.78 is 0. The van der Waals surface area contributed by atoms with E-state index in [1.165, 1.54) is 4.90 Å². The number of Topliss-reactive ketones (excluding diaryl/α,β-unsaturated/α-hetero) is 2. The van der Waals surface area contributed by atoms with Crippen molar-refractivity contribution in [3.8, 4) is 5.75 Å². The van der Waals surface area contributed by atoms with Gasteiger partial charge in [0.15, 0.2) is 22.3 Å². The number of ketones is 2. The zero-order valence-electron chi connectivity index (χ0n) is 25.5. The van der Waals surface area contributed by atoms with Crippen LogP contribution >= 0.6 is 11.3 Å². The van der Waals surface area contributed by atoms with Gasteiger partial charge in [-0.25, -0.2) is 4.98 Å². The molecule has 1 aromatic carbocycles. The molecule has 0 saturated carbocycles. The van der Waals surface area contributed by atoms with Crippen LogP contribution in [-0.2, 0) is 33.6 Å². The third kappa shape index (κ3) is 5.04. The van der Waals surface area contributed by atoms with Gasteiger partial charge >= 0.3 is 5.00 Å². The van der Waals surface area contributed by atoms with Crippen molar-refractivity contribution in [2.45, 2.75) is 42.9 Å². The van der Waals surface area contributed by atoms with Crippen LogP contribution < -0.4 is 21.7 Å². The molecule has 1 heterocycles. The lowest BCUT2D eigenvalue weighted by Crippen LogP contribution is -2.67. The van der Waals surface area contributed by atoms with E-state index in [2.05, 4.69) is 10.3 Å². The number of aromatic nitrogens is 1. The number of hydrogen-bond acceptors (Lipinski definition) is 15. The van der Waals surface area contributed by atoms with Gasteiger partial charge in [0.2, 0.25) is 0 Å². The maximum atomic E-state index is 13.3. The number of carbonyl (C=O) groups is 3. The summed E-state index contributed by atoms with van der Waals surface area (Å²) >= 11 is 0.780. The quantitative estimate of drug-likeness (QED) is 0.108. The summed E-state index contributed by atoms with van der Waals surface area (Å²) in [4.78, 5) is 56.0. The second-order valence-electron chi connectivity index (χ2n) is 12.4. The number of benzene rings is 1. The fourth-order valence-corrected chi connectivity index (χ4v) is 7.58. The van der Waals surface area contributed by atoms with Gasteiger partial charge in [-0.15, -0.1) is 0 Å². The molecule has 4 atom stereocenters. The smallest absolute Gasteiger partial charge is 0.345 e. The highest BCUT2D eigenvalue weighted by atomic mass is 32.1. The second-order valence-corrected chi connectivity index (χ2v) is 13.4. The fraction of sp³-hybridized carbons (Fsp3) is 0.448. The first-order valence-corrected chi connectivity index (χ1v) is 15.0. The number of hydrogen-bond donors (Lipinski definition) is 7. The molecule has 0 spiro atoms. The maximum Gasteiger partial charge on any atom is 0.345 e. The Morgan fingerprint density at radius 2 is 1.87 bits per heavy atom. The first-order valence-electron chi connectivity index (χ1n) is 14.2. The molecular weight excluding hydrogens is 622 g/mol. The summed E-state index contributed by atoms with van der Waals surface area (Å²) in [6.07, 6.45) is 0.667. The fourth-order valence-electron chi connectivity index (χ4n) is 6.95. The zero-order chi connectivity index (χ0) is 34.0. The van der Waals surface area contributed by atoms with Crippen LogP contribution in [0.4, 0.5) is 15.8 Å². The van der Waals surface area contributed by atoms with Crippen LogP contribution in [0, 0.1) is 16.0 Å². The lowest BCUT2D eigenvalue weighted by atomic mass is 9.56. The van der Waals surface area contributed by atoms with Crippen LogP contribution in [0.1, 0.15) is 23.1 Å². The van der Waals surface area contributed by atoms with E-state index in [0.717, 1.165) is 17.5 Å². The molecule has 3 aliphatic rings. The molecule has 3 aliphatic carbocycles.